The Morgan fingerprint density at radius 2 is 1.84 bits per heavy atom. The maximum Gasteiger partial charge on any atom is 0.238 e. The molecule has 0 radical (unpaired) electrons. The summed E-state index contributed by atoms with van der Waals surface area (Å²) >= 11 is 0. The number of unbranched alkanes of at least 4 members (excludes halogenated alkanes) is 1. The Labute approximate surface area is 115 Å². The Kier molecular flexibility index (Phi) is 5.54. The van der Waals surface area contributed by atoms with Crippen molar-refractivity contribution in [2.75, 3.05) is 6.54 Å². The summed E-state index contributed by atoms with van der Waals surface area (Å²) in [6.45, 7) is 5.84. The van der Waals surface area contributed by atoms with Gasteiger partial charge in [0.1, 0.15) is 5.25 Å². The van der Waals surface area contributed by atoms with Gasteiger partial charge in [-0.3, -0.25) is 4.79 Å². The highest BCUT2D eigenvalue weighted by Gasteiger charge is 2.29. The van der Waals surface area contributed by atoms with Gasteiger partial charge in [0, 0.05) is 6.54 Å². The summed E-state index contributed by atoms with van der Waals surface area (Å²) in [7, 11) is -3.60. The number of rotatable bonds is 6. The molecule has 0 saturated carbocycles. The van der Waals surface area contributed by atoms with Gasteiger partial charge in [-0.1, -0.05) is 31.0 Å². The number of carbonyl (C=O) groups is 1. The van der Waals surface area contributed by atoms with Gasteiger partial charge in [0.2, 0.25) is 5.91 Å². The molecule has 0 unspecified atom stereocenters. The van der Waals surface area contributed by atoms with Crippen molar-refractivity contribution in [3.8, 4) is 0 Å². The topological polar surface area (TPSA) is 63.2 Å². The summed E-state index contributed by atoms with van der Waals surface area (Å²) in [6.07, 6.45) is 1.81. The van der Waals surface area contributed by atoms with E-state index in [0.717, 1.165) is 18.4 Å². The molecule has 0 spiro atoms. The Balaban J connectivity index is 2.82. The van der Waals surface area contributed by atoms with Gasteiger partial charge in [-0.05, 0) is 32.4 Å². The number of amides is 1. The van der Waals surface area contributed by atoms with Gasteiger partial charge in [-0.25, -0.2) is 8.42 Å². The first-order valence-corrected chi connectivity index (χ1v) is 8.02. The van der Waals surface area contributed by atoms with Gasteiger partial charge >= 0.3 is 0 Å². The molecular formula is C14H21NO3S. The van der Waals surface area contributed by atoms with Crippen LogP contribution in [0, 0.1) is 6.92 Å². The second-order valence-corrected chi connectivity index (χ2v) is 6.91. The average molecular weight is 283 g/mol. The second-order valence-electron chi connectivity index (χ2n) is 4.64. The van der Waals surface area contributed by atoms with Crippen LogP contribution in [0.3, 0.4) is 0 Å². The summed E-state index contributed by atoms with van der Waals surface area (Å²) in [5.74, 6) is -0.436. The van der Waals surface area contributed by atoms with Crippen LogP contribution in [0.25, 0.3) is 0 Å². The molecule has 0 bridgehead atoms. The number of aryl methyl sites for hydroxylation is 1. The highest BCUT2D eigenvalue weighted by atomic mass is 32.2. The van der Waals surface area contributed by atoms with Crippen LogP contribution >= 0.6 is 0 Å². The zero-order valence-corrected chi connectivity index (χ0v) is 12.5. The molecule has 0 aliphatic carbocycles. The quantitative estimate of drug-likeness (QED) is 0.813. The molecule has 4 nitrogen and oxygen atoms in total. The molecule has 19 heavy (non-hydrogen) atoms. The highest BCUT2D eigenvalue weighted by molar-refractivity contribution is 7.92. The van der Waals surface area contributed by atoms with Crippen molar-refractivity contribution in [1.29, 1.82) is 0 Å². The lowest BCUT2D eigenvalue weighted by atomic mass is 10.2. The van der Waals surface area contributed by atoms with Crippen LogP contribution in [-0.2, 0) is 14.6 Å². The smallest absolute Gasteiger partial charge is 0.238 e. The molecule has 5 heteroatoms. The SMILES string of the molecule is CCCCNC(=O)[C@@H](C)S(=O)(=O)c1ccc(C)cc1. The summed E-state index contributed by atoms with van der Waals surface area (Å²) in [6, 6.07) is 6.55. The molecule has 1 rings (SSSR count). The molecule has 1 amide bonds. The summed E-state index contributed by atoms with van der Waals surface area (Å²) in [4.78, 5) is 12.0. The van der Waals surface area contributed by atoms with Crippen molar-refractivity contribution >= 4 is 15.7 Å². The summed E-state index contributed by atoms with van der Waals surface area (Å²) < 4.78 is 24.5. The van der Waals surface area contributed by atoms with Gasteiger partial charge in [-0.15, -0.1) is 0 Å². The lowest BCUT2D eigenvalue weighted by molar-refractivity contribution is -0.120. The predicted molar refractivity (Wildman–Crippen MR) is 75.7 cm³/mol. The number of benzene rings is 1. The van der Waals surface area contributed by atoms with Crippen molar-refractivity contribution < 1.29 is 13.2 Å². The minimum absolute atomic E-state index is 0.191. The lowest BCUT2D eigenvalue weighted by Gasteiger charge is -2.13. The first-order valence-electron chi connectivity index (χ1n) is 6.48. The molecule has 0 saturated heterocycles. The molecule has 106 valence electrons. The standard InChI is InChI=1S/C14H21NO3S/c1-4-5-10-15-14(16)12(3)19(17,18)13-8-6-11(2)7-9-13/h6-9,12H,4-5,10H2,1-3H3,(H,15,16)/t12-/m1/s1. The third kappa shape index (κ3) is 4.06. The number of carbonyl (C=O) groups excluding carboxylic acids is 1. The van der Waals surface area contributed by atoms with Gasteiger partial charge in [0.15, 0.2) is 9.84 Å². The molecule has 0 aliphatic rings. The fraction of sp³-hybridized carbons (Fsp3) is 0.500. The summed E-state index contributed by atoms with van der Waals surface area (Å²) in [5.41, 5.74) is 0.985. The van der Waals surface area contributed by atoms with E-state index in [0.29, 0.717) is 6.54 Å². The first kappa shape index (κ1) is 15.7. The van der Waals surface area contributed by atoms with Gasteiger partial charge in [0.05, 0.1) is 4.90 Å². The van der Waals surface area contributed by atoms with Crippen LogP contribution in [-0.4, -0.2) is 26.1 Å². The van der Waals surface area contributed by atoms with Crippen LogP contribution in [0.5, 0.6) is 0 Å². The van der Waals surface area contributed by atoms with Crippen molar-refractivity contribution in [3.05, 3.63) is 29.8 Å². The lowest BCUT2D eigenvalue weighted by Crippen LogP contribution is -2.38. The number of sulfone groups is 1. The summed E-state index contributed by atoms with van der Waals surface area (Å²) in [5, 5.41) is 1.59. The molecular weight excluding hydrogens is 262 g/mol. The second kappa shape index (κ2) is 6.70. The van der Waals surface area contributed by atoms with Gasteiger partial charge < -0.3 is 5.32 Å². The molecule has 0 aromatic heterocycles. The van der Waals surface area contributed by atoms with E-state index in [1.165, 1.54) is 6.92 Å². The van der Waals surface area contributed by atoms with E-state index in [1.807, 2.05) is 13.8 Å². The maximum atomic E-state index is 12.3. The normalized spacial score (nSPS) is 13.0. The van der Waals surface area contributed by atoms with Crippen LogP contribution in [0.1, 0.15) is 32.3 Å². The van der Waals surface area contributed by atoms with Crippen molar-refractivity contribution in [2.45, 2.75) is 43.8 Å². The molecule has 0 aliphatic heterocycles. The van der Waals surface area contributed by atoms with Crippen LogP contribution in [0.15, 0.2) is 29.2 Å². The van der Waals surface area contributed by atoms with Gasteiger partial charge in [-0.2, -0.15) is 0 Å². The van der Waals surface area contributed by atoms with Gasteiger partial charge in [0.25, 0.3) is 0 Å². The predicted octanol–water partition coefficient (Wildman–Crippen LogP) is 2.07. The number of hydrogen-bond acceptors (Lipinski definition) is 3. The van der Waals surface area contributed by atoms with E-state index < -0.39 is 21.0 Å². The third-order valence-corrected chi connectivity index (χ3v) is 5.09. The Morgan fingerprint density at radius 3 is 2.37 bits per heavy atom. The largest absolute Gasteiger partial charge is 0.355 e. The minimum atomic E-state index is -3.60. The Morgan fingerprint density at radius 1 is 1.26 bits per heavy atom. The van der Waals surface area contributed by atoms with E-state index in [1.54, 1.807) is 24.3 Å². The maximum absolute atomic E-state index is 12.3. The average Bonchev–Trinajstić information content (AvgIpc) is 2.38. The molecule has 1 atom stereocenters. The number of nitrogens with one attached hydrogen (secondary N) is 1. The van der Waals surface area contributed by atoms with Crippen LogP contribution < -0.4 is 5.32 Å². The minimum Gasteiger partial charge on any atom is -0.355 e. The Hall–Kier alpha value is -1.36. The fourth-order valence-corrected chi connectivity index (χ4v) is 2.89. The van der Waals surface area contributed by atoms with Crippen LogP contribution in [0.4, 0.5) is 0 Å². The van der Waals surface area contributed by atoms with E-state index in [2.05, 4.69) is 5.32 Å². The molecule has 1 aromatic carbocycles. The fourth-order valence-electron chi connectivity index (χ4n) is 1.61. The van der Waals surface area contributed by atoms with Crippen molar-refractivity contribution in [2.24, 2.45) is 0 Å². The van der Waals surface area contributed by atoms with Crippen molar-refractivity contribution in [3.63, 3.8) is 0 Å². The molecule has 1 N–H and O–H groups in total. The van der Waals surface area contributed by atoms with E-state index >= 15 is 0 Å². The third-order valence-electron chi connectivity index (χ3n) is 3.01. The molecule has 0 heterocycles. The highest BCUT2D eigenvalue weighted by Crippen LogP contribution is 2.16. The zero-order chi connectivity index (χ0) is 14.5. The van der Waals surface area contributed by atoms with E-state index in [9.17, 15) is 13.2 Å². The monoisotopic (exact) mass is 283 g/mol. The first-order chi connectivity index (χ1) is 8.89. The van der Waals surface area contributed by atoms with Crippen LogP contribution in [0.2, 0.25) is 0 Å². The van der Waals surface area contributed by atoms with E-state index in [4.69, 9.17) is 0 Å². The molecule has 0 fully saturated rings. The van der Waals surface area contributed by atoms with E-state index in [-0.39, 0.29) is 4.90 Å². The molecule has 1 aromatic rings. The zero-order valence-electron chi connectivity index (χ0n) is 11.6. The number of hydrogen-bond donors (Lipinski definition) is 1. The van der Waals surface area contributed by atoms with Crippen molar-refractivity contribution in [1.82, 2.24) is 5.32 Å². The Bertz CT molecular complexity index is 520.